The predicted molar refractivity (Wildman–Crippen MR) is 101 cm³/mol. The van der Waals surface area contributed by atoms with Crippen LogP contribution in [0.5, 0.6) is 0 Å². The minimum absolute atomic E-state index is 0.153. The molecule has 148 valence electrons. The van der Waals surface area contributed by atoms with E-state index in [2.05, 4.69) is 26.7 Å². The molecule has 0 unspecified atom stereocenters. The van der Waals surface area contributed by atoms with Gasteiger partial charge in [-0.05, 0) is 31.7 Å². The molecule has 3 rings (SSSR count). The van der Waals surface area contributed by atoms with Crippen molar-refractivity contribution in [2.45, 2.75) is 24.4 Å². The average molecular weight is 396 g/mol. The van der Waals surface area contributed by atoms with Gasteiger partial charge >= 0.3 is 0 Å². The fraction of sp³-hybridized carbons (Fsp3) is 0.500. The normalized spacial score (nSPS) is 17.9. The standard InChI is InChI=1S/C18H26FN5O2S/c1-3-24-14-17(12-20-24)27(25,26)21-13-18(15-4-6-16(19)7-5-15)23-10-8-22(2)9-11-23/h4-7,12,14,18,21H,3,8-11,13H2,1-2H3/t18-/m0/s1. The first-order valence-electron chi connectivity index (χ1n) is 9.09. The number of nitrogens with one attached hydrogen (secondary N) is 1. The van der Waals surface area contributed by atoms with Crippen LogP contribution in [0, 0.1) is 5.82 Å². The van der Waals surface area contributed by atoms with Crippen molar-refractivity contribution in [3.63, 3.8) is 0 Å². The van der Waals surface area contributed by atoms with Gasteiger partial charge in [0.15, 0.2) is 0 Å². The Morgan fingerprint density at radius 3 is 2.44 bits per heavy atom. The molecular formula is C18H26FN5O2S. The quantitative estimate of drug-likeness (QED) is 0.766. The maximum Gasteiger partial charge on any atom is 0.243 e. The zero-order chi connectivity index (χ0) is 19.4. The second-order valence-corrected chi connectivity index (χ2v) is 8.56. The lowest BCUT2D eigenvalue weighted by molar-refractivity contribution is 0.113. The van der Waals surface area contributed by atoms with E-state index in [1.54, 1.807) is 16.8 Å². The lowest BCUT2D eigenvalue weighted by Gasteiger charge is -2.38. The smallest absolute Gasteiger partial charge is 0.243 e. The van der Waals surface area contributed by atoms with Gasteiger partial charge in [-0.1, -0.05) is 12.1 Å². The van der Waals surface area contributed by atoms with Gasteiger partial charge in [0, 0.05) is 51.5 Å². The van der Waals surface area contributed by atoms with Gasteiger partial charge < -0.3 is 4.90 Å². The molecule has 0 amide bonds. The zero-order valence-electron chi connectivity index (χ0n) is 15.7. The third-order valence-corrected chi connectivity index (χ3v) is 6.32. The molecule has 2 heterocycles. The summed E-state index contributed by atoms with van der Waals surface area (Å²) in [5.74, 6) is -0.302. The number of sulfonamides is 1. The molecule has 9 heteroatoms. The zero-order valence-corrected chi connectivity index (χ0v) is 16.5. The number of rotatable bonds is 7. The van der Waals surface area contributed by atoms with Crippen molar-refractivity contribution < 1.29 is 12.8 Å². The molecule has 2 aromatic rings. The van der Waals surface area contributed by atoms with Crippen LogP contribution in [0.3, 0.4) is 0 Å². The lowest BCUT2D eigenvalue weighted by atomic mass is 10.0. The van der Waals surface area contributed by atoms with E-state index in [1.807, 2.05) is 6.92 Å². The van der Waals surface area contributed by atoms with Crippen molar-refractivity contribution in [3.8, 4) is 0 Å². The largest absolute Gasteiger partial charge is 0.304 e. The first kappa shape index (κ1) is 19.9. The van der Waals surface area contributed by atoms with Crippen LogP contribution in [0.4, 0.5) is 4.39 Å². The van der Waals surface area contributed by atoms with Crippen LogP contribution in [-0.2, 0) is 16.6 Å². The molecule has 1 aliphatic rings. The van der Waals surface area contributed by atoms with Crippen LogP contribution in [-0.4, -0.2) is 67.8 Å². The molecule has 1 atom stereocenters. The molecule has 0 spiro atoms. The summed E-state index contributed by atoms with van der Waals surface area (Å²) in [5, 5.41) is 4.03. The van der Waals surface area contributed by atoms with Crippen LogP contribution in [0.2, 0.25) is 0 Å². The first-order valence-corrected chi connectivity index (χ1v) is 10.6. The van der Waals surface area contributed by atoms with Gasteiger partial charge in [-0.15, -0.1) is 0 Å². The Kier molecular flexibility index (Phi) is 6.25. The van der Waals surface area contributed by atoms with Crippen molar-refractivity contribution in [1.82, 2.24) is 24.3 Å². The highest BCUT2D eigenvalue weighted by Crippen LogP contribution is 2.23. The molecule has 0 aliphatic carbocycles. The predicted octanol–water partition coefficient (Wildman–Crippen LogP) is 1.31. The fourth-order valence-electron chi connectivity index (χ4n) is 3.20. The van der Waals surface area contributed by atoms with E-state index in [0.717, 1.165) is 31.7 Å². The van der Waals surface area contributed by atoms with E-state index < -0.39 is 10.0 Å². The molecule has 0 saturated carbocycles. The van der Waals surface area contributed by atoms with Crippen molar-refractivity contribution in [2.75, 3.05) is 39.8 Å². The fourth-order valence-corrected chi connectivity index (χ4v) is 4.19. The van der Waals surface area contributed by atoms with Gasteiger partial charge in [0.1, 0.15) is 10.7 Å². The summed E-state index contributed by atoms with van der Waals surface area (Å²) in [7, 11) is -1.59. The van der Waals surface area contributed by atoms with Crippen LogP contribution >= 0.6 is 0 Å². The number of benzene rings is 1. The monoisotopic (exact) mass is 395 g/mol. The summed E-state index contributed by atoms with van der Waals surface area (Å²) >= 11 is 0. The number of likely N-dealkylation sites (N-methyl/N-ethyl adjacent to an activating group) is 1. The molecule has 27 heavy (non-hydrogen) atoms. The Morgan fingerprint density at radius 2 is 1.85 bits per heavy atom. The van der Waals surface area contributed by atoms with Gasteiger partial charge in [-0.3, -0.25) is 9.58 Å². The van der Waals surface area contributed by atoms with E-state index in [1.165, 1.54) is 24.5 Å². The lowest BCUT2D eigenvalue weighted by Crippen LogP contribution is -2.48. The molecular weight excluding hydrogens is 369 g/mol. The number of hydrogen-bond acceptors (Lipinski definition) is 5. The SMILES string of the molecule is CCn1cc(S(=O)(=O)NC[C@@H](c2ccc(F)cc2)N2CCN(C)CC2)cn1. The number of nitrogens with zero attached hydrogens (tertiary/aromatic N) is 4. The summed E-state index contributed by atoms with van der Waals surface area (Å²) in [6.45, 7) is 6.20. The maximum atomic E-state index is 13.3. The second-order valence-electron chi connectivity index (χ2n) is 6.79. The highest BCUT2D eigenvalue weighted by molar-refractivity contribution is 7.89. The molecule has 0 radical (unpaired) electrons. The maximum absolute atomic E-state index is 13.3. The van der Waals surface area contributed by atoms with Gasteiger partial charge in [0.25, 0.3) is 0 Å². The summed E-state index contributed by atoms with van der Waals surface area (Å²) < 4.78 is 42.9. The topological polar surface area (TPSA) is 70.5 Å². The highest BCUT2D eigenvalue weighted by atomic mass is 32.2. The Morgan fingerprint density at radius 1 is 1.19 bits per heavy atom. The summed E-state index contributed by atoms with van der Waals surface area (Å²) in [4.78, 5) is 4.63. The Balaban J connectivity index is 1.77. The van der Waals surface area contributed by atoms with Gasteiger partial charge in [0.05, 0.1) is 6.20 Å². The van der Waals surface area contributed by atoms with Crippen molar-refractivity contribution in [2.24, 2.45) is 0 Å². The van der Waals surface area contributed by atoms with E-state index >= 15 is 0 Å². The molecule has 1 saturated heterocycles. The summed E-state index contributed by atoms with van der Waals surface area (Å²) in [6, 6.07) is 6.12. The van der Waals surface area contributed by atoms with Crippen LogP contribution in [0.25, 0.3) is 0 Å². The number of piperazine rings is 1. The van der Waals surface area contributed by atoms with Crippen LogP contribution in [0.15, 0.2) is 41.6 Å². The van der Waals surface area contributed by atoms with Gasteiger partial charge in [-0.2, -0.15) is 5.10 Å². The molecule has 1 N–H and O–H groups in total. The van der Waals surface area contributed by atoms with Gasteiger partial charge in [-0.25, -0.2) is 17.5 Å². The molecule has 0 bridgehead atoms. The number of halogens is 1. The Labute approximate surface area is 159 Å². The molecule has 1 aliphatic heterocycles. The molecule has 1 aromatic heterocycles. The van der Waals surface area contributed by atoms with Gasteiger partial charge in [0.2, 0.25) is 10.0 Å². The molecule has 1 fully saturated rings. The first-order chi connectivity index (χ1) is 12.9. The minimum Gasteiger partial charge on any atom is -0.304 e. The van der Waals surface area contributed by atoms with E-state index in [0.29, 0.717) is 6.54 Å². The van der Waals surface area contributed by atoms with Crippen LogP contribution < -0.4 is 4.72 Å². The second kappa shape index (κ2) is 8.47. The summed E-state index contributed by atoms with van der Waals surface area (Å²) in [5.41, 5.74) is 0.896. The third-order valence-electron chi connectivity index (χ3n) is 4.94. The van der Waals surface area contributed by atoms with E-state index in [-0.39, 0.29) is 23.3 Å². The highest BCUT2D eigenvalue weighted by Gasteiger charge is 2.26. The number of hydrogen-bond donors (Lipinski definition) is 1. The number of aromatic nitrogens is 2. The van der Waals surface area contributed by atoms with Crippen LogP contribution in [0.1, 0.15) is 18.5 Å². The Hall–Kier alpha value is -1.81. The minimum atomic E-state index is -3.65. The third kappa shape index (κ3) is 4.92. The Bertz CT molecular complexity index is 845. The van der Waals surface area contributed by atoms with Crippen molar-refractivity contribution in [1.29, 1.82) is 0 Å². The number of aryl methyl sites for hydroxylation is 1. The van der Waals surface area contributed by atoms with E-state index in [9.17, 15) is 12.8 Å². The summed E-state index contributed by atoms with van der Waals surface area (Å²) in [6.07, 6.45) is 2.87. The van der Waals surface area contributed by atoms with Crippen molar-refractivity contribution >= 4 is 10.0 Å². The van der Waals surface area contributed by atoms with E-state index in [4.69, 9.17) is 0 Å². The average Bonchev–Trinajstić information content (AvgIpc) is 3.15. The van der Waals surface area contributed by atoms with Crippen molar-refractivity contribution in [3.05, 3.63) is 48.0 Å². The molecule has 7 nitrogen and oxygen atoms in total. The molecule has 1 aromatic carbocycles.